The van der Waals surface area contributed by atoms with E-state index in [-0.39, 0.29) is 0 Å². The van der Waals surface area contributed by atoms with Gasteiger partial charge in [-0.3, -0.25) is 0 Å². The van der Waals surface area contributed by atoms with Gasteiger partial charge < -0.3 is 27.4 Å². The lowest BCUT2D eigenvalue weighted by Crippen LogP contribution is -2.02. The minimum absolute atomic E-state index is 0.319. The number of imidazole rings is 1. The van der Waals surface area contributed by atoms with Gasteiger partial charge >= 0.3 is 7.25 Å². The molecule has 0 unspecified atom stereocenters. The molecule has 1 aromatic heterocycles. The first-order valence-corrected chi connectivity index (χ1v) is 3.82. The molecule has 0 radical (unpaired) electrons. The van der Waals surface area contributed by atoms with Crippen LogP contribution >= 0.6 is 0 Å². The van der Waals surface area contributed by atoms with Crippen LogP contribution in [0.1, 0.15) is 13.3 Å². The van der Waals surface area contributed by atoms with E-state index in [1.807, 2.05) is 6.92 Å². The number of H-pyrrole nitrogens is 1. The summed E-state index contributed by atoms with van der Waals surface area (Å²) in [5, 5.41) is 7.88. The summed E-state index contributed by atoms with van der Waals surface area (Å²) in [5.41, 5.74) is 0. The minimum atomic E-state index is -6.00. The SMILES string of the molecule is CCCO.F[B-](F)(F)F.c1c[nH]cn1. The van der Waals surface area contributed by atoms with Gasteiger partial charge in [0.05, 0.1) is 6.33 Å². The van der Waals surface area contributed by atoms with Crippen molar-refractivity contribution in [1.29, 1.82) is 0 Å². The summed E-state index contributed by atoms with van der Waals surface area (Å²) in [7, 11) is -6.00. The highest BCUT2D eigenvalue weighted by molar-refractivity contribution is 6.50. The van der Waals surface area contributed by atoms with Gasteiger partial charge in [-0.2, -0.15) is 0 Å². The fraction of sp³-hybridized carbons (Fsp3) is 0.500. The van der Waals surface area contributed by atoms with Crippen LogP contribution < -0.4 is 0 Å². The molecule has 0 aromatic carbocycles. The topological polar surface area (TPSA) is 48.9 Å². The van der Waals surface area contributed by atoms with E-state index in [0.29, 0.717) is 6.61 Å². The molecule has 0 aliphatic carbocycles. The first-order valence-electron chi connectivity index (χ1n) is 3.82. The van der Waals surface area contributed by atoms with Crippen molar-refractivity contribution in [3.8, 4) is 0 Å². The average Bonchev–Trinajstić information content (AvgIpc) is 2.57. The number of rotatable bonds is 1. The third-order valence-electron chi connectivity index (χ3n) is 0.630. The zero-order valence-electron chi connectivity index (χ0n) is 7.63. The van der Waals surface area contributed by atoms with E-state index in [2.05, 4.69) is 9.97 Å². The van der Waals surface area contributed by atoms with E-state index < -0.39 is 7.25 Å². The Morgan fingerprint density at radius 1 is 1.36 bits per heavy atom. The monoisotopic (exact) mass is 215 g/mol. The highest BCUT2D eigenvalue weighted by Crippen LogP contribution is 2.06. The molecule has 8 heteroatoms. The van der Waals surface area contributed by atoms with Gasteiger partial charge in [0, 0.05) is 19.0 Å². The Morgan fingerprint density at radius 2 is 1.79 bits per heavy atom. The van der Waals surface area contributed by atoms with Crippen LogP contribution in [-0.2, 0) is 0 Å². The number of aliphatic hydroxyl groups excluding tert-OH is 1. The third-order valence-corrected chi connectivity index (χ3v) is 0.630. The Balaban J connectivity index is 0. The van der Waals surface area contributed by atoms with Crippen molar-refractivity contribution in [3.05, 3.63) is 18.7 Å². The molecule has 1 aromatic rings. The van der Waals surface area contributed by atoms with Gasteiger partial charge in [0.25, 0.3) is 0 Å². The van der Waals surface area contributed by atoms with Crippen LogP contribution in [0.2, 0.25) is 0 Å². The molecule has 1 rings (SSSR count). The second-order valence-electron chi connectivity index (χ2n) is 1.98. The second-order valence-corrected chi connectivity index (χ2v) is 1.98. The van der Waals surface area contributed by atoms with Gasteiger partial charge in [-0.25, -0.2) is 4.98 Å². The highest BCUT2D eigenvalue weighted by atomic mass is 19.5. The lowest BCUT2D eigenvalue weighted by atomic mass is 10.3. The van der Waals surface area contributed by atoms with Crippen LogP contribution in [0.3, 0.4) is 0 Å². The van der Waals surface area contributed by atoms with Crippen LogP contribution in [0.4, 0.5) is 17.3 Å². The molecule has 0 aliphatic heterocycles. The number of aliphatic hydroxyl groups is 1. The van der Waals surface area contributed by atoms with E-state index in [9.17, 15) is 17.3 Å². The lowest BCUT2D eigenvalue weighted by Gasteiger charge is -1.94. The van der Waals surface area contributed by atoms with Gasteiger partial charge in [-0.05, 0) is 6.42 Å². The summed E-state index contributed by atoms with van der Waals surface area (Å²) in [6.07, 6.45) is 5.96. The predicted octanol–water partition coefficient (Wildman–Crippen LogP) is 2.10. The summed E-state index contributed by atoms with van der Waals surface area (Å²) in [4.78, 5) is 6.42. The summed E-state index contributed by atoms with van der Waals surface area (Å²) < 4.78 is 39.0. The largest absolute Gasteiger partial charge is 0.673 e. The van der Waals surface area contributed by atoms with Crippen molar-refractivity contribution in [2.45, 2.75) is 13.3 Å². The van der Waals surface area contributed by atoms with E-state index in [1.165, 1.54) is 0 Å². The molecule has 0 atom stereocenters. The molecule has 0 amide bonds. The number of hydrogen-bond acceptors (Lipinski definition) is 2. The molecule has 3 nitrogen and oxygen atoms in total. The van der Waals surface area contributed by atoms with Gasteiger partial charge in [0.15, 0.2) is 0 Å². The van der Waals surface area contributed by atoms with Crippen LogP contribution in [0.25, 0.3) is 0 Å². The molecule has 0 spiro atoms. The standard InChI is InChI=1S/C3H4N2.C3H8O.BF4/c1-2-5-3-4-1;1-2-3-4;2-1(3,4)5/h1-3H,(H,4,5);4H,2-3H2,1H3;/q;;-1. The maximum Gasteiger partial charge on any atom is 0.673 e. The summed E-state index contributed by atoms with van der Waals surface area (Å²) in [5.74, 6) is 0. The van der Waals surface area contributed by atoms with Crippen LogP contribution in [0.15, 0.2) is 18.7 Å². The van der Waals surface area contributed by atoms with Crippen LogP contribution in [0.5, 0.6) is 0 Å². The fourth-order valence-electron chi connectivity index (χ4n) is 0.215. The quantitative estimate of drug-likeness (QED) is 0.556. The molecule has 14 heavy (non-hydrogen) atoms. The molecule has 0 saturated carbocycles. The zero-order valence-corrected chi connectivity index (χ0v) is 7.63. The van der Waals surface area contributed by atoms with Gasteiger partial charge in [0.2, 0.25) is 0 Å². The molecule has 0 saturated heterocycles. The molecular weight excluding hydrogens is 203 g/mol. The summed E-state index contributed by atoms with van der Waals surface area (Å²) in [6, 6.07) is 0. The lowest BCUT2D eigenvalue weighted by molar-refractivity contribution is 0.295. The number of nitrogens with zero attached hydrogens (tertiary/aromatic N) is 1. The summed E-state index contributed by atoms with van der Waals surface area (Å²) in [6.45, 7) is 2.25. The highest BCUT2D eigenvalue weighted by Gasteiger charge is 2.20. The van der Waals surface area contributed by atoms with Crippen molar-refractivity contribution in [3.63, 3.8) is 0 Å². The molecular formula is C6H12BF4N2O-. The van der Waals surface area contributed by atoms with E-state index >= 15 is 0 Å². The Labute approximate surface area is 79.3 Å². The van der Waals surface area contributed by atoms with E-state index in [0.717, 1.165) is 6.42 Å². The summed E-state index contributed by atoms with van der Waals surface area (Å²) >= 11 is 0. The maximum atomic E-state index is 9.75. The van der Waals surface area contributed by atoms with Crippen LogP contribution in [0, 0.1) is 0 Å². The molecule has 2 N–H and O–H groups in total. The number of hydrogen-bond donors (Lipinski definition) is 2. The van der Waals surface area contributed by atoms with Gasteiger partial charge in [0.1, 0.15) is 0 Å². The molecule has 0 fully saturated rings. The van der Waals surface area contributed by atoms with Gasteiger partial charge in [-0.1, -0.05) is 6.92 Å². The molecule has 1 heterocycles. The fourth-order valence-corrected chi connectivity index (χ4v) is 0.215. The number of nitrogens with one attached hydrogen (secondary N) is 1. The van der Waals surface area contributed by atoms with Crippen LogP contribution in [-0.4, -0.2) is 28.9 Å². The van der Waals surface area contributed by atoms with Crippen molar-refractivity contribution in [2.75, 3.05) is 6.61 Å². The van der Waals surface area contributed by atoms with Gasteiger partial charge in [-0.15, -0.1) is 0 Å². The van der Waals surface area contributed by atoms with Crippen molar-refractivity contribution < 1.29 is 22.4 Å². The second kappa shape index (κ2) is 10.0. The number of aromatic nitrogens is 2. The Morgan fingerprint density at radius 3 is 1.86 bits per heavy atom. The Bertz CT molecular complexity index is 155. The van der Waals surface area contributed by atoms with Crippen molar-refractivity contribution >= 4 is 7.25 Å². The maximum absolute atomic E-state index is 9.75. The Hall–Kier alpha value is -1.05. The average molecular weight is 215 g/mol. The first kappa shape index (κ1) is 15.4. The number of halogens is 4. The smallest absolute Gasteiger partial charge is 0.418 e. The van der Waals surface area contributed by atoms with E-state index in [1.54, 1.807) is 18.7 Å². The van der Waals surface area contributed by atoms with Crippen molar-refractivity contribution in [2.24, 2.45) is 0 Å². The molecule has 84 valence electrons. The van der Waals surface area contributed by atoms with E-state index in [4.69, 9.17) is 5.11 Å². The number of aromatic amines is 1. The molecule has 0 aliphatic rings. The van der Waals surface area contributed by atoms with Crippen molar-refractivity contribution in [1.82, 2.24) is 9.97 Å². The predicted molar refractivity (Wildman–Crippen MR) is 46.2 cm³/mol. The normalized spacial score (nSPS) is 9.29. The zero-order chi connectivity index (χ0) is 11.4. The molecule has 0 bridgehead atoms. The first-order chi connectivity index (χ1) is 6.41. The third kappa shape index (κ3) is 44.2. The Kier molecular flexibility index (Phi) is 11.1. The minimum Gasteiger partial charge on any atom is -0.418 e.